The van der Waals surface area contributed by atoms with Crippen LogP contribution in [0.3, 0.4) is 0 Å². The minimum absolute atomic E-state index is 0.771. The van der Waals surface area contributed by atoms with E-state index < -0.39 is 0 Å². The summed E-state index contributed by atoms with van der Waals surface area (Å²) >= 11 is 0. The van der Waals surface area contributed by atoms with Gasteiger partial charge in [-0.3, -0.25) is 18.8 Å². The molecule has 0 aliphatic rings. The van der Waals surface area contributed by atoms with E-state index in [0.29, 0.717) is 0 Å². The number of pyridine rings is 4. The summed E-state index contributed by atoms with van der Waals surface area (Å²) in [5, 5.41) is 0. The largest absolute Gasteiger partial charge is 0.338 e. The van der Waals surface area contributed by atoms with E-state index in [4.69, 9.17) is 9.97 Å². The lowest BCUT2D eigenvalue weighted by molar-refractivity contribution is 0.782. The smallest absolute Gasteiger partial charge is 0.164 e. The molecule has 7 rings (SSSR count). The van der Waals surface area contributed by atoms with Crippen LogP contribution in [0.25, 0.3) is 56.8 Å². The Bertz CT molecular complexity index is 1730. The molecule has 7 heterocycles. The van der Waals surface area contributed by atoms with Gasteiger partial charge in [0.15, 0.2) is 11.6 Å². The molecular formula is C30H23N7. The average molecular weight is 482 g/mol. The molecule has 0 aromatic carbocycles. The maximum atomic E-state index is 5.10. The third-order valence-electron chi connectivity index (χ3n) is 6.67. The molecule has 37 heavy (non-hydrogen) atoms. The van der Waals surface area contributed by atoms with E-state index in [1.807, 2.05) is 73.1 Å². The highest BCUT2D eigenvalue weighted by molar-refractivity contribution is 5.85. The van der Waals surface area contributed by atoms with E-state index in [9.17, 15) is 0 Å². The normalized spacial score (nSPS) is 11.5. The lowest BCUT2D eigenvalue weighted by Gasteiger charge is -2.09. The van der Waals surface area contributed by atoms with Gasteiger partial charge in [-0.05, 0) is 67.6 Å². The van der Waals surface area contributed by atoms with Gasteiger partial charge in [0.2, 0.25) is 0 Å². The average Bonchev–Trinajstić information content (AvgIpc) is 3.67. The van der Waals surface area contributed by atoms with Crippen LogP contribution in [-0.2, 0) is 6.54 Å². The first-order valence-corrected chi connectivity index (χ1v) is 12.3. The SMILES string of the molecule is CCn1c(-c2nc(-c3ccccn3)n3ccccc23)ccc1-c1nc(-c2ccccn2)n2ccccc12. The van der Waals surface area contributed by atoms with Gasteiger partial charge in [-0.1, -0.05) is 24.3 Å². The van der Waals surface area contributed by atoms with Gasteiger partial charge in [0.05, 0.1) is 22.4 Å². The minimum atomic E-state index is 0.771. The van der Waals surface area contributed by atoms with E-state index in [-0.39, 0.29) is 0 Å². The van der Waals surface area contributed by atoms with Crippen LogP contribution in [0.4, 0.5) is 0 Å². The molecule has 7 aromatic rings. The summed E-state index contributed by atoms with van der Waals surface area (Å²) in [7, 11) is 0. The lowest BCUT2D eigenvalue weighted by Crippen LogP contribution is -2.00. The zero-order valence-electron chi connectivity index (χ0n) is 20.2. The summed E-state index contributed by atoms with van der Waals surface area (Å²) in [5.74, 6) is 1.64. The highest BCUT2D eigenvalue weighted by Gasteiger charge is 2.22. The molecule has 0 amide bonds. The van der Waals surface area contributed by atoms with Gasteiger partial charge in [-0.15, -0.1) is 0 Å². The predicted octanol–water partition coefficient (Wildman–Crippen LogP) is 6.26. The Kier molecular flexibility index (Phi) is 4.92. The monoisotopic (exact) mass is 481 g/mol. The first-order valence-electron chi connectivity index (χ1n) is 12.3. The second-order valence-electron chi connectivity index (χ2n) is 8.76. The number of nitrogens with zero attached hydrogens (tertiary/aromatic N) is 7. The van der Waals surface area contributed by atoms with Gasteiger partial charge in [0.1, 0.15) is 22.8 Å². The van der Waals surface area contributed by atoms with Crippen LogP contribution in [0, 0.1) is 0 Å². The third kappa shape index (κ3) is 3.36. The van der Waals surface area contributed by atoms with Crippen LogP contribution in [0.1, 0.15) is 6.92 Å². The standard InChI is InChI=1S/C30H23N7/c1-2-35-25(27-23-13-5-9-19-36(23)29(33-27)21-11-3-7-17-31-21)15-16-26(35)28-24-14-6-10-20-37(24)30(34-28)22-12-4-8-18-32-22/h3-20H,2H2,1H3. The number of imidazole rings is 2. The molecule has 7 aromatic heterocycles. The van der Waals surface area contributed by atoms with Crippen molar-refractivity contribution < 1.29 is 0 Å². The number of hydrogen-bond acceptors (Lipinski definition) is 4. The van der Waals surface area contributed by atoms with Gasteiger partial charge in [-0.2, -0.15) is 0 Å². The Morgan fingerprint density at radius 2 is 1.05 bits per heavy atom. The van der Waals surface area contributed by atoms with Crippen molar-refractivity contribution in [2.24, 2.45) is 0 Å². The highest BCUT2D eigenvalue weighted by atomic mass is 15.1. The molecule has 0 unspecified atom stereocenters. The van der Waals surface area contributed by atoms with Crippen molar-refractivity contribution in [1.82, 2.24) is 33.3 Å². The topological polar surface area (TPSA) is 65.3 Å². The lowest BCUT2D eigenvalue weighted by atomic mass is 10.2. The van der Waals surface area contributed by atoms with E-state index in [1.54, 1.807) is 12.4 Å². The Morgan fingerprint density at radius 3 is 1.49 bits per heavy atom. The van der Waals surface area contributed by atoms with Crippen molar-refractivity contribution in [2.75, 3.05) is 0 Å². The first-order chi connectivity index (χ1) is 18.3. The van der Waals surface area contributed by atoms with E-state index >= 15 is 0 Å². The summed E-state index contributed by atoms with van der Waals surface area (Å²) in [5.41, 5.74) is 7.66. The molecule has 0 aliphatic carbocycles. The molecule has 0 spiro atoms. The van der Waals surface area contributed by atoms with Gasteiger partial charge in [-0.25, -0.2) is 9.97 Å². The molecule has 0 N–H and O–H groups in total. The summed E-state index contributed by atoms with van der Waals surface area (Å²) < 4.78 is 6.50. The molecule has 7 heteroatoms. The first kappa shape index (κ1) is 21.3. The number of hydrogen-bond donors (Lipinski definition) is 0. The molecule has 0 aliphatic heterocycles. The molecule has 0 fully saturated rings. The summed E-state index contributed by atoms with van der Waals surface area (Å²) in [6.45, 7) is 2.93. The third-order valence-corrected chi connectivity index (χ3v) is 6.67. The fourth-order valence-corrected chi connectivity index (χ4v) is 5.03. The zero-order valence-corrected chi connectivity index (χ0v) is 20.2. The molecule has 0 bridgehead atoms. The second-order valence-corrected chi connectivity index (χ2v) is 8.76. The maximum absolute atomic E-state index is 5.10. The summed E-state index contributed by atoms with van der Waals surface area (Å²) in [6, 6.07) is 28.4. The van der Waals surface area contributed by atoms with E-state index in [0.717, 1.165) is 63.4 Å². The van der Waals surface area contributed by atoms with Gasteiger partial charge >= 0.3 is 0 Å². The maximum Gasteiger partial charge on any atom is 0.164 e. The predicted molar refractivity (Wildman–Crippen MR) is 145 cm³/mol. The fraction of sp³-hybridized carbons (Fsp3) is 0.0667. The molecule has 0 saturated carbocycles. The Balaban J connectivity index is 1.44. The zero-order chi connectivity index (χ0) is 24.8. The molecule has 0 radical (unpaired) electrons. The van der Waals surface area contributed by atoms with Crippen molar-refractivity contribution >= 4 is 11.0 Å². The Morgan fingerprint density at radius 1 is 0.568 bits per heavy atom. The van der Waals surface area contributed by atoms with Gasteiger partial charge < -0.3 is 4.57 Å². The molecular weight excluding hydrogens is 458 g/mol. The van der Waals surface area contributed by atoms with Crippen LogP contribution in [-0.4, -0.2) is 33.3 Å². The van der Waals surface area contributed by atoms with Crippen LogP contribution < -0.4 is 0 Å². The number of fused-ring (bicyclic) bond motifs is 2. The van der Waals surface area contributed by atoms with Crippen LogP contribution in [0.15, 0.2) is 110 Å². The molecule has 0 atom stereocenters. The van der Waals surface area contributed by atoms with Crippen LogP contribution >= 0.6 is 0 Å². The minimum Gasteiger partial charge on any atom is -0.338 e. The van der Waals surface area contributed by atoms with Crippen molar-refractivity contribution in [3.63, 3.8) is 0 Å². The fourth-order valence-electron chi connectivity index (χ4n) is 5.03. The molecule has 0 saturated heterocycles. The Labute approximate surface area is 213 Å². The van der Waals surface area contributed by atoms with Crippen molar-refractivity contribution in [3.05, 3.63) is 110 Å². The quantitative estimate of drug-likeness (QED) is 0.291. The van der Waals surface area contributed by atoms with Gasteiger partial charge in [0, 0.05) is 31.3 Å². The highest BCUT2D eigenvalue weighted by Crippen LogP contribution is 2.35. The van der Waals surface area contributed by atoms with Crippen LogP contribution in [0.5, 0.6) is 0 Å². The summed E-state index contributed by atoms with van der Waals surface area (Å²) in [4.78, 5) is 19.3. The van der Waals surface area contributed by atoms with Crippen molar-refractivity contribution in [3.8, 4) is 45.8 Å². The van der Waals surface area contributed by atoms with E-state index in [2.05, 4.69) is 54.5 Å². The Hall–Kier alpha value is -5.04. The summed E-state index contributed by atoms with van der Waals surface area (Å²) in [6.07, 6.45) is 7.68. The molecule has 178 valence electrons. The van der Waals surface area contributed by atoms with Gasteiger partial charge in [0.25, 0.3) is 0 Å². The van der Waals surface area contributed by atoms with E-state index in [1.165, 1.54) is 0 Å². The second kappa shape index (κ2) is 8.57. The number of aromatic nitrogens is 7. The molecule has 7 nitrogen and oxygen atoms in total. The number of rotatable bonds is 5. The van der Waals surface area contributed by atoms with Crippen LogP contribution in [0.2, 0.25) is 0 Å². The van der Waals surface area contributed by atoms with Crippen molar-refractivity contribution in [2.45, 2.75) is 13.5 Å². The van der Waals surface area contributed by atoms with Crippen molar-refractivity contribution in [1.29, 1.82) is 0 Å².